The van der Waals surface area contributed by atoms with Crippen LogP contribution >= 0.6 is 0 Å². The zero-order chi connectivity index (χ0) is 15.3. The van der Waals surface area contributed by atoms with Gasteiger partial charge in [0, 0.05) is 13.2 Å². The Bertz CT molecular complexity index is 153. The van der Waals surface area contributed by atoms with Crippen molar-refractivity contribution in [2.45, 2.75) is 81.1 Å². The molecule has 1 nitrogen and oxygen atoms in total. The largest absolute Gasteiger partial charge is 0.381 e. The highest BCUT2D eigenvalue weighted by molar-refractivity contribution is 4.71. The Morgan fingerprint density at radius 3 is 1.32 bits per heavy atom. The fourth-order valence-electron chi connectivity index (χ4n) is 2.19. The highest BCUT2D eigenvalue weighted by Crippen LogP contribution is 2.32. The standard InChI is InChI=1S/C7H14O.C7H14.2C2H6/c1-6(2)7-3-4-8-5-7;1-6(2)7-4-3-5-7;2*1-2/h6-7H,3-5H2,1-2H3;6-7H,3-5H2,1-2H3;2*1-2H3. The lowest BCUT2D eigenvalue weighted by Gasteiger charge is -2.28. The Balaban J connectivity index is 0. The number of rotatable bonds is 2. The monoisotopic (exact) mass is 272 g/mol. The second-order valence-corrected chi connectivity index (χ2v) is 5.80. The highest BCUT2D eigenvalue weighted by atomic mass is 16.5. The molecule has 1 aliphatic carbocycles. The first kappa shape index (κ1) is 21.3. The van der Waals surface area contributed by atoms with Crippen LogP contribution in [-0.4, -0.2) is 13.2 Å². The Hall–Kier alpha value is -0.0400. The Morgan fingerprint density at radius 2 is 1.21 bits per heavy atom. The van der Waals surface area contributed by atoms with Crippen LogP contribution in [0, 0.1) is 23.7 Å². The van der Waals surface area contributed by atoms with Crippen molar-refractivity contribution >= 4 is 0 Å². The minimum atomic E-state index is 0.817. The maximum absolute atomic E-state index is 5.22. The summed E-state index contributed by atoms with van der Waals surface area (Å²) in [6.45, 7) is 19.2. The summed E-state index contributed by atoms with van der Waals surface area (Å²) in [5, 5.41) is 0. The van der Waals surface area contributed by atoms with Gasteiger partial charge < -0.3 is 4.74 Å². The smallest absolute Gasteiger partial charge is 0.0497 e. The predicted octanol–water partition coefficient (Wildman–Crippen LogP) is 6.17. The molecule has 1 aliphatic heterocycles. The van der Waals surface area contributed by atoms with Gasteiger partial charge in [0.1, 0.15) is 0 Å². The van der Waals surface area contributed by atoms with E-state index < -0.39 is 0 Å². The second-order valence-electron chi connectivity index (χ2n) is 5.80. The van der Waals surface area contributed by atoms with Gasteiger partial charge in [-0.1, -0.05) is 74.7 Å². The van der Waals surface area contributed by atoms with Crippen molar-refractivity contribution < 1.29 is 4.74 Å². The van der Waals surface area contributed by atoms with Gasteiger partial charge >= 0.3 is 0 Å². The van der Waals surface area contributed by atoms with Crippen molar-refractivity contribution in [1.29, 1.82) is 0 Å². The molecule has 1 saturated heterocycles. The highest BCUT2D eigenvalue weighted by Gasteiger charge is 2.19. The summed E-state index contributed by atoms with van der Waals surface area (Å²) >= 11 is 0. The van der Waals surface area contributed by atoms with Crippen LogP contribution in [0.1, 0.15) is 81.1 Å². The van der Waals surface area contributed by atoms with Gasteiger partial charge in [-0.25, -0.2) is 0 Å². The summed E-state index contributed by atoms with van der Waals surface area (Å²) in [5.74, 6) is 3.70. The molecule has 1 unspecified atom stereocenters. The normalized spacial score (nSPS) is 21.5. The molecule has 0 radical (unpaired) electrons. The van der Waals surface area contributed by atoms with Gasteiger partial charge in [-0.05, 0) is 30.1 Å². The zero-order valence-corrected chi connectivity index (χ0v) is 15.0. The van der Waals surface area contributed by atoms with E-state index in [-0.39, 0.29) is 0 Å². The van der Waals surface area contributed by atoms with Crippen LogP contribution in [0.15, 0.2) is 0 Å². The lowest BCUT2D eigenvalue weighted by Crippen LogP contribution is -2.16. The first-order chi connectivity index (χ1) is 9.11. The molecule has 1 heterocycles. The fourth-order valence-corrected chi connectivity index (χ4v) is 2.19. The van der Waals surface area contributed by atoms with Crippen molar-refractivity contribution in [1.82, 2.24) is 0 Å². The van der Waals surface area contributed by atoms with Crippen molar-refractivity contribution in [3.8, 4) is 0 Å². The van der Waals surface area contributed by atoms with Gasteiger partial charge in [0.25, 0.3) is 0 Å². The molecule has 1 atom stereocenters. The molecule has 0 aromatic carbocycles. The van der Waals surface area contributed by atoms with Gasteiger partial charge in [-0.2, -0.15) is 0 Å². The van der Waals surface area contributed by atoms with E-state index in [0.717, 1.165) is 36.9 Å². The third-order valence-corrected chi connectivity index (χ3v) is 4.00. The van der Waals surface area contributed by atoms with E-state index in [4.69, 9.17) is 4.74 Å². The molecule has 1 heteroatoms. The van der Waals surface area contributed by atoms with Crippen LogP contribution in [0.4, 0.5) is 0 Å². The molecule has 0 aromatic rings. The molecule has 2 fully saturated rings. The van der Waals surface area contributed by atoms with E-state index in [2.05, 4.69) is 27.7 Å². The summed E-state index contributed by atoms with van der Waals surface area (Å²) in [4.78, 5) is 0. The van der Waals surface area contributed by atoms with Crippen LogP contribution in [0.25, 0.3) is 0 Å². The SMILES string of the molecule is CC.CC.CC(C)C1CCC1.CC(C)C1CCOC1. The van der Waals surface area contributed by atoms with Gasteiger partial charge in [0.05, 0.1) is 0 Å². The van der Waals surface area contributed by atoms with Gasteiger partial charge in [-0.3, -0.25) is 0 Å². The van der Waals surface area contributed by atoms with Crippen LogP contribution in [0.5, 0.6) is 0 Å². The third kappa shape index (κ3) is 10.4. The first-order valence-corrected chi connectivity index (χ1v) is 8.69. The number of hydrogen-bond acceptors (Lipinski definition) is 1. The minimum absolute atomic E-state index is 0.817. The fraction of sp³-hybridized carbons (Fsp3) is 1.00. The quantitative estimate of drug-likeness (QED) is 0.583. The van der Waals surface area contributed by atoms with E-state index in [9.17, 15) is 0 Å². The Morgan fingerprint density at radius 1 is 0.737 bits per heavy atom. The molecule has 0 spiro atoms. The van der Waals surface area contributed by atoms with Gasteiger partial charge in [0.2, 0.25) is 0 Å². The van der Waals surface area contributed by atoms with Crippen LogP contribution in [-0.2, 0) is 4.74 Å². The van der Waals surface area contributed by atoms with E-state index in [1.165, 1.54) is 25.7 Å². The minimum Gasteiger partial charge on any atom is -0.381 e. The molecule has 0 bridgehead atoms. The van der Waals surface area contributed by atoms with E-state index in [1.54, 1.807) is 0 Å². The van der Waals surface area contributed by atoms with Crippen molar-refractivity contribution in [2.75, 3.05) is 13.2 Å². The zero-order valence-electron chi connectivity index (χ0n) is 15.0. The van der Waals surface area contributed by atoms with Gasteiger partial charge in [-0.15, -0.1) is 0 Å². The summed E-state index contributed by atoms with van der Waals surface area (Å²) < 4.78 is 5.22. The molecular weight excluding hydrogens is 232 g/mol. The van der Waals surface area contributed by atoms with Crippen molar-refractivity contribution in [2.24, 2.45) is 23.7 Å². The number of hydrogen-bond donors (Lipinski definition) is 0. The Labute approximate surface area is 123 Å². The second kappa shape index (κ2) is 14.4. The molecule has 2 aliphatic rings. The summed E-state index contributed by atoms with van der Waals surface area (Å²) in [7, 11) is 0. The average Bonchev–Trinajstić information content (AvgIpc) is 2.86. The summed E-state index contributed by atoms with van der Waals surface area (Å²) in [6, 6.07) is 0. The molecule has 0 aromatic heterocycles. The van der Waals surface area contributed by atoms with E-state index in [0.29, 0.717) is 0 Å². The molecule has 118 valence electrons. The Kier molecular flexibility index (Phi) is 16.1. The van der Waals surface area contributed by atoms with Crippen molar-refractivity contribution in [3.63, 3.8) is 0 Å². The van der Waals surface area contributed by atoms with Gasteiger partial charge in [0.15, 0.2) is 0 Å². The summed E-state index contributed by atoms with van der Waals surface area (Å²) in [6.07, 6.45) is 5.76. The predicted molar refractivity (Wildman–Crippen MR) is 88.6 cm³/mol. The summed E-state index contributed by atoms with van der Waals surface area (Å²) in [5.41, 5.74) is 0. The molecule has 0 N–H and O–H groups in total. The average molecular weight is 273 g/mol. The topological polar surface area (TPSA) is 9.23 Å². The third-order valence-electron chi connectivity index (χ3n) is 4.00. The van der Waals surface area contributed by atoms with E-state index >= 15 is 0 Å². The lowest BCUT2D eigenvalue weighted by atomic mass is 9.78. The lowest BCUT2D eigenvalue weighted by molar-refractivity contribution is 0.177. The maximum Gasteiger partial charge on any atom is 0.0497 e. The van der Waals surface area contributed by atoms with Crippen LogP contribution in [0.2, 0.25) is 0 Å². The first-order valence-electron chi connectivity index (χ1n) is 8.69. The molecular formula is C18H40O. The molecule has 0 amide bonds. The molecule has 19 heavy (non-hydrogen) atoms. The number of ether oxygens (including phenoxy) is 1. The molecule has 2 rings (SSSR count). The maximum atomic E-state index is 5.22. The van der Waals surface area contributed by atoms with E-state index in [1.807, 2.05) is 27.7 Å². The van der Waals surface area contributed by atoms with Crippen LogP contribution in [0.3, 0.4) is 0 Å². The molecule has 1 saturated carbocycles. The van der Waals surface area contributed by atoms with Crippen LogP contribution < -0.4 is 0 Å². The van der Waals surface area contributed by atoms with Crippen molar-refractivity contribution in [3.05, 3.63) is 0 Å².